The molecular formula is C16H18N4S. The average Bonchev–Trinajstić information content (AvgIpc) is 2.92. The van der Waals surface area contributed by atoms with Gasteiger partial charge in [-0.15, -0.1) is 10.2 Å². The molecule has 5 heteroatoms. The Morgan fingerprint density at radius 3 is 2.71 bits per heavy atom. The zero-order chi connectivity index (χ0) is 14.9. The fourth-order valence-electron chi connectivity index (χ4n) is 2.05. The lowest BCUT2D eigenvalue weighted by molar-refractivity contribution is 0.423. The minimum Gasteiger partial charge on any atom is -0.306 e. The maximum absolute atomic E-state index is 4.49. The van der Waals surface area contributed by atoms with Gasteiger partial charge in [0.25, 0.3) is 0 Å². The molecule has 0 aliphatic heterocycles. The Labute approximate surface area is 128 Å². The van der Waals surface area contributed by atoms with Crippen molar-refractivity contribution in [3.05, 3.63) is 41.5 Å². The molecule has 0 unspecified atom stereocenters. The van der Waals surface area contributed by atoms with Crippen LogP contribution in [0.25, 0.3) is 21.5 Å². The third-order valence-corrected chi connectivity index (χ3v) is 4.04. The van der Waals surface area contributed by atoms with Gasteiger partial charge in [0.15, 0.2) is 5.01 Å². The van der Waals surface area contributed by atoms with Crippen molar-refractivity contribution in [3.63, 3.8) is 0 Å². The number of nitrogens with zero attached hydrogens (tertiary/aromatic N) is 3. The average molecular weight is 298 g/mol. The molecule has 3 rings (SSSR count). The summed E-state index contributed by atoms with van der Waals surface area (Å²) in [6.45, 7) is 7.15. The van der Waals surface area contributed by atoms with Gasteiger partial charge in [-0.05, 0) is 32.2 Å². The third kappa shape index (κ3) is 3.25. The molecule has 0 saturated heterocycles. The van der Waals surface area contributed by atoms with Gasteiger partial charge in [0.05, 0.1) is 6.54 Å². The monoisotopic (exact) mass is 298 g/mol. The van der Waals surface area contributed by atoms with E-state index in [0.717, 1.165) is 27.6 Å². The van der Waals surface area contributed by atoms with Crippen LogP contribution in [0.3, 0.4) is 0 Å². The van der Waals surface area contributed by atoms with Gasteiger partial charge >= 0.3 is 0 Å². The van der Waals surface area contributed by atoms with Crippen molar-refractivity contribution in [3.8, 4) is 10.7 Å². The molecule has 1 aromatic carbocycles. The molecule has 2 heterocycles. The molecule has 0 bridgehead atoms. The Morgan fingerprint density at radius 2 is 1.90 bits per heavy atom. The molecule has 3 aromatic rings. The van der Waals surface area contributed by atoms with Crippen LogP contribution in [0.5, 0.6) is 0 Å². The minimum atomic E-state index is 0.0729. The number of hydrogen-bond acceptors (Lipinski definition) is 5. The number of pyridine rings is 1. The first-order valence-electron chi connectivity index (χ1n) is 6.94. The van der Waals surface area contributed by atoms with Crippen molar-refractivity contribution in [2.75, 3.05) is 0 Å². The second kappa shape index (κ2) is 5.50. The highest BCUT2D eigenvalue weighted by Crippen LogP contribution is 2.28. The van der Waals surface area contributed by atoms with Gasteiger partial charge in [-0.3, -0.25) is 4.98 Å². The number of aromatic nitrogens is 3. The lowest BCUT2D eigenvalue weighted by Crippen LogP contribution is -2.35. The first-order valence-corrected chi connectivity index (χ1v) is 7.76. The maximum Gasteiger partial charge on any atom is 0.166 e. The summed E-state index contributed by atoms with van der Waals surface area (Å²) in [5.74, 6) is 0. The van der Waals surface area contributed by atoms with Crippen molar-refractivity contribution >= 4 is 22.1 Å². The van der Waals surface area contributed by atoms with E-state index in [9.17, 15) is 0 Å². The molecule has 0 fully saturated rings. The molecule has 0 spiro atoms. The van der Waals surface area contributed by atoms with Crippen LogP contribution < -0.4 is 5.32 Å². The summed E-state index contributed by atoms with van der Waals surface area (Å²) >= 11 is 1.59. The smallest absolute Gasteiger partial charge is 0.166 e. The van der Waals surface area contributed by atoms with Gasteiger partial charge in [0, 0.05) is 17.1 Å². The first-order chi connectivity index (χ1) is 10.0. The number of hydrogen-bond donors (Lipinski definition) is 1. The van der Waals surface area contributed by atoms with E-state index in [4.69, 9.17) is 0 Å². The Balaban J connectivity index is 1.92. The number of fused-ring (bicyclic) bond motifs is 1. The molecule has 0 saturated carbocycles. The summed E-state index contributed by atoms with van der Waals surface area (Å²) in [6.07, 6.45) is 1.83. The molecular weight excluding hydrogens is 280 g/mol. The Hall–Kier alpha value is -1.85. The van der Waals surface area contributed by atoms with Crippen molar-refractivity contribution in [1.82, 2.24) is 20.5 Å². The molecule has 0 aliphatic rings. The molecule has 2 aromatic heterocycles. The fourth-order valence-corrected chi connectivity index (χ4v) is 2.84. The summed E-state index contributed by atoms with van der Waals surface area (Å²) in [5.41, 5.74) is 0.983. The SMILES string of the molecule is CC(C)(C)NCc1nnc(-c2nccc3ccccc23)s1. The van der Waals surface area contributed by atoms with E-state index < -0.39 is 0 Å². The van der Waals surface area contributed by atoms with Crippen LogP contribution in [0.1, 0.15) is 25.8 Å². The van der Waals surface area contributed by atoms with Crippen LogP contribution in [0.4, 0.5) is 0 Å². The third-order valence-electron chi connectivity index (χ3n) is 3.11. The zero-order valence-corrected chi connectivity index (χ0v) is 13.2. The van der Waals surface area contributed by atoms with Crippen molar-refractivity contribution in [2.45, 2.75) is 32.9 Å². The molecule has 0 aliphatic carbocycles. The van der Waals surface area contributed by atoms with E-state index in [0.29, 0.717) is 0 Å². The van der Waals surface area contributed by atoms with Crippen LogP contribution in [0.15, 0.2) is 36.5 Å². The zero-order valence-electron chi connectivity index (χ0n) is 12.4. The van der Waals surface area contributed by atoms with Gasteiger partial charge < -0.3 is 5.32 Å². The molecule has 0 atom stereocenters. The Kier molecular flexibility index (Phi) is 3.69. The standard InChI is InChI=1S/C16H18N4S/c1-16(2,3)18-10-13-19-20-15(21-13)14-12-7-5-4-6-11(12)8-9-17-14/h4-9,18H,10H2,1-3H3. The predicted molar refractivity (Wildman–Crippen MR) is 87.2 cm³/mol. The molecule has 21 heavy (non-hydrogen) atoms. The molecule has 0 amide bonds. The number of nitrogens with one attached hydrogen (secondary N) is 1. The van der Waals surface area contributed by atoms with Gasteiger partial charge in [-0.2, -0.15) is 0 Å². The Morgan fingerprint density at radius 1 is 1.10 bits per heavy atom. The van der Waals surface area contributed by atoms with Crippen LogP contribution in [-0.4, -0.2) is 20.7 Å². The highest BCUT2D eigenvalue weighted by atomic mass is 32.1. The van der Waals surface area contributed by atoms with E-state index >= 15 is 0 Å². The fraction of sp³-hybridized carbons (Fsp3) is 0.312. The minimum absolute atomic E-state index is 0.0729. The topological polar surface area (TPSA) is 50.7 Å². The van der Waals surface area contributed by atoms with Crippen molar-refractivity contribution in [2.24, 2.45) is 0 Å². The summed E-state index contributed by atoms with van der Waals surface area (Å²) in [5, 5.41) is 16.1. The second-order valence-electron chi connectivity index (χ2n) is 5.99. The van der Waals surface area contributed by atoms with Crippen LogP contribution >= 0.6 is 11.3 Å². The maximum atomic E-state index is 4.49. The van der Waals surface area contributed by atoms with Gasteiger partial charge in [-0.25, -0.2) is 0 Å². The number of benzene rings is 1. The highest BCUT2D eigenvalue weighted by molar-refractivity contribution is 7.14. The van der Waals surface area contributed by atoms with Crippen LogP contribution in [0, 0.1) is 0 Å². The van der Waals surface area contributed by atoms with Crippen molar-refractivity contribution in [1.29, 1.82) is 0 Å². The summed E-state index contributed by atoms with van der Waals surface area (Å²) in [7, 11) is 0. The number of rotatable bonds is 3. The highest BCUT2D eigenvalue weighted by Gasteiger charge is 2.13. The molecule has 1 N–H and O–H groups in total. The second-order valence-corrected chi connectivity index (χ2v) is 7.05. The predicted octanol–water partition coefficient (Wildman–Crippen LogP) is 3.64. The normalized spacial score (nSPS) is 12.0. The van der Waals surface area contributed by atoms with E-state index in [1.807, 2.05) is 24.4 Å². The summed E-state index contributed by atoms with van der Waals surface area (Å²) in [6, 6.07) is 10.2. The largest absolute Gasteiger partial charge is 0.306 e. The molecule has 4 nitrogen and oxygen atoms in total. The van der Waals surface area contributed by atoms with E-state index in [-0.39, 0.29) is 5.54 Å². The van der Waals surface area contributed by atoms with Gasteiger partial charge in [0.1, 0.15) is 10.7 Å². The first kappa shape index (κ1) is 14.1. The summed E-state index contributed by atoms with van der Waals surface area (Å²) in [4.78, 5) is 4.49. The van der Waals surface area contributed by atoms with Crippen LogP contribution in [-0.2, 0) is 6.54 Å². The molecule has 0 radical (unpaired) electrons. The lowest BCUT2D eigenvalue weighted by Gasteiger charge is -2.19. The van der Waals surface area contributed by atoms with Crippen molar-refractivity contribution < 1.29 is 0 Å². The van der Waals surface area contributed by atoms with E-state index in [2.05, 4.69) is 53.4 Å². The van der Waals surface area contributed by atoms with Crippen LogP contribution in [0.2, 0.25) is 0 Å². The van der Waals surface area contributed by atoms with Gasteiger partial charge in [-0.1, -0.05) is 35.6 Å². The molecule has 108 valence electrons. The van der Waals surface area contributed by atoms with E-state index in [1.165, 1.54) is 5.39 Å². The Bertz CT molecular complexity index is 753. The quantitative estimate of drug-likeness (QED) is 0.802. The summed E-state index contributed by atoms with van der Waals surface area (Å²) < 4.78 is 0. The lowest BCUT2D eigenvalue weighted by atomic mass is 10.1. The van der Waals surface area contributed by atoms with Gasteiger partial charge in [0.2, 0.25) is 0 Å². The van der Waals surface area contributed by atoms with E-state index in [1.54, 1.807) is 11.3 Å².